The number of nitrogens with zero attached hydrogens (tertiary/aromatic N) is 3. The molecule has 0 unspecified atom stereocenters. The van der Waals surface area contributed by atoms with Crippen LogP contribution in [-0.4, -0.2) is 60.1 Å². The number of hydrogen-bond acceptors (Lipinski definition) is 5. The molecular weight excluding hydrogens is 324 g/mol. The molecule has 1 saturated heterocycles. The molecule has 1 N–H and O–H groups in total. The normalized spacial score (nSPS) is 20.2. The molecule has 1 aromatic rings. The fourth-order valence-electron chi connectivity index (χ4n) is 2.60. The predicted molar refractivity (Wildman–Crippen MR) is 85.1 cm³/mol. The molecule has 0 spiro atoms. The summed E-state index contributed by atoms with van der Waals surface area (Å²) in [6.07, 6.45) is 2.33. The van der Waals surface area contributed by atoms with Crippen LogP contribution in [0.2, 0.25) is 0 Å². The summed E-state index contributed by atoms with van der Waals surface area (Å²) in [5, 5.41) is 7.76. The zero-order valence-corrected chi connectivity index (χ0v) is 14.3. The Kier molecular flexibility index (Phi) is 4.13. The van der Waals surface area contributed by atoms with Crippen molar-refractivity contribution < 1.29 is 12.9 Å². The van der Waals surface area contributed by atoms with E-state index in [1.807, 2.05) is 4.90 Å². The van der Waals surface area contributed by atoms with Crippen molar-refractivity contribution in [3.8, 4) is 0 Å². The van der Waals surface area contributed by atoms with Crippen molar-refractivity contribution in [1.29, 1.82) is 0 Å². The molecule has 0 aromatic carbocycles. The van der Waals surface area contributed by atoms with Crippen molar-refractivity contribution in [1.82, 2.24) is 19.7 Å². The van der Waals surface area contributed by atoms with Crippen LogP contribution < -0.4 is 5.32 Å². The molecule has 1 aliphatic carbocycles. The second-order valence-electron chi connectivity index (χ2n) is 5.77. The first-order valence-electron chi connectivity index (χ1n) is 7.38. The van der Waals surface area contributed by atoms with Crippen molar-refractivity contribution in [2.24, 2.45) is 0 Å². The zero-order valence-electron chi connectivity index (χ0n) is 12.7. The molecule has 0 bridgehead atoms. The Labute approximate surface area is 135 Å². The fraction of sp³-hybridized carbons (Fsp3) is 0.692. The minimum Gasteiger partial charge on any atom is -0.360 e. The molecule has 2 heterocycles. The minimum absolute atomic E-state index is 0.194. The third kappa shape index (κ3) is 2.97. The van der Waals surface area contributed by atoms with Gasteiger partial charge in [-0.25, -0.2) is 8.42 Å². The average Bonchev–Trinajstić information content (AvgIpc) is 3.22. The molecule has 2 aliphatic rings. The Bertz CT molecular complexity index is 654. The van der Waals surface area contributed by atoms with Crippen LogP contribution in [0.15, 0.2) is 9.42 Å². The van der Waals surface area contributed by atoms with Crippen molar-refractivity contribution in [3.05, 3.63) is 11.5 Å². The number of rotatable bonds is 3. The van der Waals surface area contributed by atoms with E-state index in [-0.39, 0.29) is 4.90 Å². The summed E-state index contributed by atoms with van der Waals surface area (Å²) in [4.78, 5) is 2.23. The van der Waals surface area contributed by atoms with E-state index in [1.165, 1.54) is 17.1 Å². The van der Waals surface area contributed by atoms with Crippen LogP contribution >= 0.6 is 12.2 Å². The lowest BCUT2D eigenvalue weighted by molar-refractivity contribution is 0.263. The van der Waals surface area contributed by atoms with E-state index in [1.54, 1.807) is 13.8 Å². The monoisotopic (exact) mass is 344 g/mol. The summed E-state index contributed by atoms with van der Waals surface area (Å²) >= 11 is 5.37. The van der Waals surface area contributed by atoms with Crippen molar-refractivity contribution in [3.63, 3.8) is 0 Å². The Balaban J connectivity index is 1.66. The van der Waals surface area contributed by atoms with Gasteiger partial charge in [-0.3, -0.25) is 0 Å². The number of sulfonamides is 1. The molecule has 0 amide bonds. The first-order chi connectivity index (χ1) is 10.4. The van der Waals surface area contributed by atoms with Crippen molar-refractivity contribution >= 4 is 27.4 Å². The van der Waals surface area contributed by atoms with E-state index in [9.17, 15) is 8.42 Å². The van der Waals surface area contributed by atoms with Gasteiger partial charge in [0.05, 0.1) is 0 Å². The van der Waals surface area contributed by atoms with Crippen molar-refractivity contribution in [2.45, 2.75) is 37.6 Å². The van der Waals surface area contributed by atoms with E-state index in [2.05, 4.69) is 10.5 Å². The number of thiocarbonyl (C=S) groups is 1. The summed E-state index contributed by atoms with van der Waals surface area (Å²) in [5.41, 5.74) is 0.408. The maximum Gasteiger partial charge on any atom is 0.248 e. The van der Waals surface area contributed by atoms with Crippen LogP contribution in [-0.2, 0) is 10.0 Å². The smallest absolute Gasteiger partial charge is 0.248 e. The van der Waals surface area contributed by atoms with Gasteiger partial charge in [0.2, 0.25) is 10.0 Å². The highest BCUT2D eigenvalue weighted by Crippen LogP contribution is 2.24. The standard InChI is InChI=1S/C13H20N4O3S2/c1-9-12(10(2)20-15-9)22(18,19)17-7-5-16(6-8-17)13(21)14-11-3-4-11/h11H,3-8H2,1-2H3,(H,14,21). The lowest BCUT2D eigenvalue weighted by Crippen LogP contribution is -2.53. The van der Waals surface area contributed by atoms with Gasteiger partial charge in [0.15, 0.2) is 10.9 Å². The molecule has 9 heteroatoms. The molecule has 0 atom stereocenters. The first-order valence-corrected chi connectivity index (χ1v) is 9.23. The third-order valence-electron chi connectivity index (χ3n) is 4.00. The van der Waals surface area contributed by atoms with E-state index in [0.717, 1.165) is 5.11 Å². The summed E-state index contributed by atoms with van der Waals surface area (Å²) in [7, 11) is -3.55. The van der Waals surface area contributed by atoms with Gasteiger partial charge in [-0.15, -0.1) is 0 Å². The van der Waals surface area contributed by atoms with Crippen LogP contribution in [0, 0.1) is 13.8 Å². The van der Waals surface area contributed by atoms with Crippen molar-refractivity contribution in [2.75, 3.05) is 26.2 Å². The van der Waals surface area contributed by atoms with Gasteiger partial charge in [-0.2, -0.15) is 4.31 Å². The molecule has 7 nitrogen and oxygen atoms in total. The largest absolute Gasteiger partial charge is 0.360 e. The number of aromatic nitrogens is 1. The SMILES string of the molecule is Cc1noc(C)c1S(=O)(=O)N1CCN(C(=S)NC2CC2)CC1. The highest BCUT2D eigenvalue weighted by molar-refractivity contribution is 7.89. The minimum atomic E-state index is -3.55. The lowest BCUT2D eigenvalue weighted by Gasteiger charge is -2.35. The second-order valence-corrected chi connectivity index (χ2v) is 8.03. The number of piperazine rings is 1. The lowest BCUT2D eigenvalue weighted by atomic mass is 10.4. The summed E-state index contributed by atoms with van der Waals surface area (Å²) < 4.78 is 31.9. The molecule has 0 radical (unpaired) electrons. The van der Waals surface area contributed by atoms with Crippen LogP contribution in [0.3, 0.4) is 0 Å². The molecule has 3 rings (SSSR count). The second kappa shape index (κ2) is 5.78. The maximum absolute atomic E-state index is 12.7. The first kappa shape index (κ1) is 15.7. The van der Waals surface area contributed by atoms with Crippen LogP contribution in [0.5, 0.6) is 0 Å². The molecule has 1 saturated carbocycles. The number of hydrogen-bond donors (Lipinski definition) is 1. The molecule has 122 valence electrons. The Morgan fingerprint density at radius 3 is 2.41 bits per heavy atom. The number of nitrogens with one attached hydrogen (secondary N) is 1. The van der Waals surface area contributed by atoms with Crippen LogP contribution in [0.25, 0.3) is 0 Å². The number of aryl methyl sites for hydroxylation is 2. The van der Waals surface area contributed by atoms with E-state index in [4.69, 9.17) is 16.7 Å². The van der Waals surface area contributed by atoms with Gasteiger partial charge in [0.1, 0.15) is 10.6 Å². The zero-order chi connectivity index (χ0) is 15.9. The topological polar surface area (TPSA) is 78.7 Å². The van der Waals surface area contributed by atoms with Gasteiger partial charge >= 0.3 is 0 Å². The van der Waals surface area contributed by atoms with Crippen LogP contribution in [0.1, 0.15) is 24.3 Å². The Morgan fingerprint density at radius 1 is 1.27 bits per heavy atom. The molecule has 22 heavy (non-hydrogen) atoms. The summed E-state index contributed by atoms with van der Waals surface area (Å²) in [6.45, 7) is 5.30. The summed E-state index contributed by atoms with van der Waals surface area (Å²) in [5.74, 6) is 0.339. The third-order valence-corrected chi connectivity index (χ3v) is 6.52. The van der Waals surface area contributed by atoms with Gasteiger partial charge in [0, 0.05) is 32.2 Å². The van der Waals surface area contributed by atoms with E-state index < -0.39 is 10.0 Å². The molecule has 1 aromatic heterocycles. The summed E-state index contributed by atoms with van der Waals surface area (Å²) in [6, 6.07) is 0.511. The molecule has 2 fully saturated rings. The molecular formula is C13H20N4O3S2. The highest BCUT2D eigenvalue weighted by Gasteiger charge is 2.34. The average molecular weight is 344 g/mol. The van der Waals surface area contributed by atoms with Gasteiger partial charge in [-0.05, 0) is 38.9 Å². The molecule has 1 aliphatic heterocycles. The van der Waals surface area contributed by atoms with Crippen LogP contribution in [0.4, 0.5) is 0 Å². The maximum atomic E-state index is 12.7. The van der Waals surface area contributed by atoms with E-state index in [0.29, 0.717) is 43.7 Å². The van der Waals surface area contributed by atoms with Gasteiger partial charge in [0.25, 0.3) is 0 Å². The van der Waals surface area contributed by atoms with Gasteiger partial charge in [-0.1, -0.05) is 5.16 Å². The fourth-order valence-corrected chi connectivity index (χ4v) is 4.66. The van der Waals surface area contributed by atoms with E-state index >= 15 is 0 Å². The Morgan fingerprint density at radius 2 is 1.91 bits per heavy atom. The predicted octanol–water partition coefficient (Wildman–Crippen LogP) is 0.635. The van der Waals surface area contributed by atoms with Gasteiger partial charge < -0.3 is 14.7 Å². The highest BCUT2D eigenvalue weighted by atomic mass is 32.2. The Hall–Kier alpha value is -1.19. The quantitative estimate of drug-likeness (QED) is 0.806.